The molecule has 0 atom stereocenters. The highest BCUT2D eigenvalue weighted by atomic mass is 28.3. The molecule has 0 heterocycles. The number of hydrogen-bond acceptors (Lipinski definition) is 1. The van der Waals surface area contributed by atoms with E-state index in [0.717, 1.165) is 6.61 Å². The molecule has 2 heteroatoms. The third-order valence-corrected chi connectivity index (χ3v) is 3.30. The van der Waals surface area contributed by atoms with Gasteiger partial charge in [-0.05, 0) is 6.42 Å². The largest absolute Gasteiger partial charge is 0.377 e. The summed E-state index contributed by atoms with van der Waals surface area (Å²) in [7, 11) is -0.823. The van der Waals surface area contributed by atoms with E-state index in [0.29, 0.717) is 6.61 Å². The van der Waals surface area contributed by atoms with Crippen LogP contribution in [0.4, 0.5) is 0 Å². The molecule has 0 radical (unpaired) electrons. The maximum atomic E-state index is 5.28. The van der Waals surface area contributed by atoms with Gasteiger partial charge in [-0.15, -0.1) is 6.58 Å². The third kappa shape index (κ3) is 9.92. The molecule has 0 aromatic rings. The van der Waals surface area contributed by atoms with Crippen LogP contribution in [0.5, 0.6) is 0 Å². The van der Waals surface area contributed by atoms with E-state index < -0.39 is 8.07 Å². The summed E-state index contributed by atoms with van der Waals surface area (Å²) in [6.07, 6.45) is 3.01. The van der Waals surface area contributed by atoms with Gasteiger partial charge in [0, 0.05) is 14.7 Å². The first kappa shape index (κ1) is 10.9. The normalized spacial score (nSPS) is 11.5. The van der Waals surface area contributed by atoms with Crippen LogP contribution in [0.25, 0.3) is 0 Å². The molecule has 0 aliphatic heterocycles. The van der Waals surface area contributed by atoms with Crippen molar-refractivity contribution in [1.29, 1.82) is 0 Å². The summed E-state index contributed by atoms with van der Waals surface area (Å²) in [5.41, 5.74) is 0. The summed E-state index contributed by atoms with van der Waals surface area (Å²) in [5.74, 6) is 0. The van der Waals surface area contributed by atoms with Crippen molar-refractivity contribution in [3.05, 3.63) is 12.7 Å². The highest BCUT2D eigenvalue weighted by molar-refractivity contribution is 6.76. The van der Waals surface area contributed by atoms with Crippen LogP contribution in [0.3, 0.4) is 0 Å². The van der Waals surface area contributed by atoms with Crippen molar-refractivity contribution in [2.45, 2.75) is 32.1 Å². The van der Waals surface area contributed by atoms with E-state index in [1.165, 1.54) is 12.5 Å². The van der Waals surface area contributed by atoms with Crippen LogP contribution in [-0.2, 0) is 4.74 Å². The van der Waals surface area contributed by atoms with Crippen molar-refractivity contribution in [3.8, 4) is 0 Å². The van der Waals surface area contributed by atoms with Crippen LogP contribution in [-0.4, -0.2) is 21.3 Å². The molecule has 0 fully saturated rings. The Morgan fingerprint density at radius 3 is 2.45 bits per heavy atom. The smallest absolute Gasteiger partial charge is 0.0644 e. The zero-order valence-corrected chi connectivity index (χ0v) is 9.02. The Morgan fingerprint density at radius 1 is 1.36 bits per heavy atom. The molecule has 0 aromatic carbocycles. The molecule has 66 valence electrons. The maximum Gasteiger partial charge on any atom is 0.0644 e. The number of ether oxygens (including phenoxy) is 1. The van der Waals surface area contributed by atoms with Gasteiger partial charge in [0.05, 0.1) is 6.61 Å². The zero-order valence-electron chi connectivity index (χ0n) is 8.02. The Morgan fingerprint density at radius 2 is 2.00 bits per heavy atom. The average Bonchev–Trinajstić information content (AvgIpc) is 1.85. The van der Waals surface area contributed by atoms with Crippen LogP contribution >= 0.6 is 0 Å². The molecule has 0 aliphatic carbocycles. The van der Waals surface area contributed by atoms with Crippen molar-refractivity contribution in [1.82, 2.24) is 0 Å². The van der Waals surface area contributed by atoms with E-state index in [2.05, 4.69) is 26.2 Å². The standard InChI is InChI=1S/C9H20OSi/c1-5-7-10-8-6-9-11(2,3)4/h5H,1,6-9H2,2-4H3. The molecule has 0 saturated carbocycles. The first-order chi connectivity index (χ1) is 5.06. The predicted octanol–water partition coefficient (Wildman–Crippen LogP) is 2.92. The van der Waals surface area contributed by atoms with E-state index in [1.807, 2.05) is 0 Å². The summed E-state index contributed by atoms with van der Waals surface area (Å²) in [6, 6.07) is 1.37. The lowest BCUT2D eigenvalue weighted by Crippen LogP contribution is -2.19. The topological polar surface area (TPSA) is 9.23 Å². The van der Waals surface area contributed by atoms with Gasteiger partial charge in [0.15, 0.2) is 0 Å². The Bertz CT molecular complexity index is 105. The van der Waals surface area contributed by atoms with Gasteiger partial charge in [-0.2, -0.15) is 0 Å². The first-order valence-corrected chi connectivity index (χ1v) is 7.95. The molecule has 0 aliphatic rings. The molecule has 1 nitrogen and oxygen atoms in total. The SMILES string of the molecule is C=CCOCCC[Si](C)(C)C. The Labute approximate surface area is 71.5 Å². The fourth-order valence-electron chi connectivity index (χ4n) is 0.871. The molecule has 0 spiro atoms. The summed E-state index contributed by atoms with van der Waals surface area (Å²) < 4.78 is 5.28. The second-order valence-electron chi connectivity index (χ2n) is 4.03. The van der Waals surface area contributed by atoms with Gasteiger partial charge >= 0.3 is 0 Å². The molecule has 0 rings (SSSR count). The van der Waals surface area contributed by atoms with Crippen molar-refractivity contribution in [3.63, 3.8) is 0 Å². The minimum absolute atomic E-state index is 0.700. The molecule has 0 unspecified atom stereocenters. The van der Waals surface area contributed by atoms with Crippen molar-refractivity contribution >= 4 is 8.07 Å². The van der Waals surface area contributed by atoms with Crippen LogP contribution in [0.1, 0.15) is 6.42 Å². The molecule has 0 aromatic heterocycles. The van der Waals surface area contributed by atoms with E-state index in [9.17, 15) is 0 Å². The lowest BCUT2D eigenvalue weighted by Gasteiger charge is -2.14. The van der Waals surface area contributed by atoms with Gasteiger partial charge in [0.1, 0.15) is 0 Å². The number of rotatable bonds is 6. The minimum atomic E-state index is -0.823. The average molecular weight is 172 g/mol. The van der Waals surface area contributed by atoms with Gasteiger partial charge in [0.25, 0.3) is 0 Å². The second-order valence-corrected chi connectivity index (χ2v) is 9.65. The van der Waals surface area contributed by atoms with Crippen LogP contribution < -0.4 is 0 Å². The van der Waals surface area contributed by atoms with E-state index in [1.54, 1.807) is 6.08 Å². The lowest BCUT2D eigenvalue weighted by molar-refractivity contribution is 0.163. The molecule has 0 saturated heterocycles. The monoisotopic (exact) mass is 172 g/mol. The van der Waals surface area contributed by atoms with Gasteiger partial charge in [-0.3, -0.25) is 0 Å². The fraction of sp³-hybridized carbons (Fsp3) is 0.778. The van der Waals surface area contributed by atoms with Crippen molar-refractivity contribution in [2.75, 3.05) is 13.2 Å². The molecule has 0 bridgehead atoms. The fourth-order valence-corrected chi connectivity index (χ4v) is 2.08. The number of hydrogen-bond donors (Lipinski definition) is 0. The van der Waals surface area contributed by atoms with Crippen LogP contribution in [0, 0.1) is 0 Å². The summed E-state index contributed by atoms with van der Waals surface area (Å²) in [5, 5.41) is 0. The molecule has 0 N–H and O–H groups in total. The van der Waals surface area contributed by atoms with E-state index in [-0.39, 0.29) is 0 Å². The van der Waals surface area contributed by atoms with Gasteiger partial charge in [0.2, 0.25) is 0 Å². The summed E-state index contributed by atoms with van der Waals surface area (Å²) in [6.45, 7) is 12.4. The molecule has 0 amide bonds. The third-order valence-electron chi connectivity index (χ3n) is 1.45. The maximum absolute atomic E-state index is 5.28. The second kappa shape index (κ2) is 5.55. The van der Waals surface area contributed by atoms with Crippen LogP contribution in [0.2, 0.25) is 25.7 Å². The van der Waals surface area contributed by atoms with Gasteiger partial charge in [-0.1, -0.05) is 31.8 Å². The van der Waals surface area contributed by atoms with Gasteiger partial charge < -0.3 is 4.74 Å². The van der Waals surface area contributed by atoms with Crippen LogP contribution in [0.15, 0.2) is 12.7 Å². The molecule has 11 heavy (non-hydrogen) atoms. The Kier molecular flexibility index (Phi) is 5.51. The first-order valence-electron chi connectivity index (χ1n) is 4.25. The van der Waals surface area contributed by atoms with Crippen molar-refractivity contribution in [2.24, 2.45) is 0 Å². The zero-order chi connectivity index (χ0) is 8.74. The highest BCUT2D eigenvalue weighted by Crippen LogP contribution is 2.10. The highest BCUT2D eigenvalue weighted by Gasteiger charge is 2.11. The Hall–Kier alpha value is -0.0831. The van der Waals surface area contributed by atoms with E-state index in [4.69, 9.17) is 4.74 Å². The minimum Gasteiger partial charge on any atom is -0.377 e. The Balaban J connectivity index is 3.08. The van der Waals surface area contributed by atoms with Crippen molar-refractivity contribution < 1.29 is 4.74 Å². The van der Waals surface area contributed by atoms with E-state index >= 15 is 0 Å². The summed E-state index contributed by atoms with van der Waals surface area (Å²) >= 11 is 0. The quantitative estimate of drug-likeness (QED) is 0.340. The van der Waals surface area contributed by atoms with Gasteiger partial charge in [-0.25, -0.2) is 0 Å². The lowest BCUT2D eigenvalue weighted by atomic mass is 10.5. The molecular weight excluding hydrogens is 152 g/mol. The molecular formula is C9H20OSi. The predicted molar refractivity (Wildman–Crippen MR) is 53.8 cm³/mol. The summed E-state index contributed by atoms with van der Waals surface area (Å²) in [4.78, 5) is 0.